The smallest absolute Gasteiger partial charge is 0.449 e. The summed E-state index contributed by atoms with van der Waals surface area (Å²) in [7, 11) is 0. The molecule has 0 aliphatic heterocycles. The first-order valence-corrected chi connectivity index (χ1v) is 9.38. The van der Waals surface area contributed by atoms with Crippen molar-refractivity contribution >= 4 is 71.3 Å². The molecule has 6 nitrogen and oxygen atoms in total. The quantitative estimate of drug-likeness (QED) is 0.136. The molecule has 142 valence electrons. The maximum Gasteiger partial charge on any atom is 0.511 e. The van der Waals surface area contributed by atoms with E-state index in [-0.39, 0.29) is 11.5 Å². The largest absolute Gasteiger partial charge is 0.511 e. The number of rotatable bonds is 2. The lowest BCUT2D eigenvalue weighted by molar-refractivity contribution is 0.144. The Morgan fingerprint density at radius 1 is 0.621 bits per heavy atom. The highest BCUT2D eigenvalue weighted by Gasteiger charge is 2.21. The van der Waals surface area contributed by atoms with E-state index in [4.69, 9.17) is 19.7 Å². The molecule has 0 heterocycles. The summed E-state index contributed by atoms with van der Waals surface area (Å²) in [5.41, 5.74) is 0. The van der Waals surface area contributed by atoms with E-state index < -0.39 is 12.3 Å². The zero-order valence-corrected chi connectivity index (χ0v) is 16.2. The van der Waals surface area contributed by atoms with E-state index in [1.54, 1.807) is 12.1 Å². The van der Waals surface area contributed by atoms with Gasteiger partial charge in [0.25, 0.3) is 0 Å². The molecule has 0 fully saturated rings. The molecule has 0 aromatic heterocycles. The molecule has 0 saturated heterocycles. The summed E-state index contributed by atoms with van der Waals surface area (Å²) in [5.74, 6) is 0.0316. The van der Waals surface area contributed by atoms with Gasteiger partial charge in [0.1, 0.15) is 11.5 Å². The molecule has 5 aromatic carbocycles. The fourth-order valence-corrected chi connectivity index (χ4v) is 4.52. The van der Waals surface area contributed by atoms with Gasteiger partial charge in [-0.15, -0.1) is 0 Å². The van der Waals surface area contributed by atoms with E-state index in [2.05, 4.69) is 15.9 Å². The van der Waals surface area contributed by atoms with Crippen LogP contribution in [0.1, 0.15) is 0 Å². The lowest BCUT2D eigenvalue weighted by Crippen LogP contribution is -2.07. The molecule has 0 unspecified atom stereocenters. The molecule has 7 heteroatoms. The minimum atomic E-state index is -1.49. The predicted molar refractivity (Wildman–Crippen MR) is 113 cm³/mol. The van der Waals surface area contributed by atoms with Gasteiger partial charge in [-0.2, -0.15) is 0 Å². The first-order chi connectivity index (χ1) is 14.0. The Hall–Kier alpha value is -3.58. The highest BCUT2D eigenvalue weighted by molar-refractivity contribution is 9.10. The highest BCUT2D eigenvalue weighted by atomic mass is 79.9. The van der Waals surface area contributed by atoms with E-state index in [1.165, 1.54) is 12.1 Å². The van der Waals surface area contributed by atoms with Crippen molar-refractivity contribution in [3.05, 3.63) is 59.1 Å². The molecule has 0 spiro atoms. The van der Waals surface area contributed by atoms with Crippen LogP contribution >= 0.6 is 15.9 Å². The molecular formula is C22H11BrO6. The lowest BCUT2D eigenvalue weighted by Gasteiger charge is -2.17. The van der Waals surface area contributed by atoms with E-state index in [9.17, 15) is 9.59 Å². The van der Waals surface area contributed by atoms with Crippen LogP contribution in [0, 0.1) is 0 Å². The molecule has 0 saturated carbocycles. The Labute approximate surface area is 171 Å². The van der Waals surface area contributed by atoms with Crippen LogP contribution in [0.5, 0.6) is 11.5 Å². The SMILES string of the molecule is O=C(O)Oc1ccc2c3cccc4c(Br)ccc(c5ccc(OC(=O)O)c1c25)c43. The minimum absolute atomic E-state index is 0.0158. The number of hydrogen-bond acceptors (Lipinski definition) is 4. The van der Waals surface area contributed by atoms with Gasteiger partial charge in [0.15, 0.2) is 0 Å². The Morgan fingerprint density at radius 2 is 1.10 bits per heavy atom. The summed E-state index contributed by atoms with van der Waals surface area (Å²) < 4.78 is 10.9. The third kappa shape index (κ3) is 2.55. The second-order valence-corrected chi connectivity index (χ2v) is 7.39. The molecule has 0 bridgehead atoms. The Balaban J connectivity index is 2.06. The second kappa shape index (κ2) is 6.22. The lowest BCUT2D eigenvalue weighted by atomic mass is 9.89. The van der Waals surface area contributed by atoms with Gasteiger partial charge in [0, 0.05) is 9.86 Å². The summed E-state index contributed by atoms with van der Waals surface area (Å²) >= 11 is 3.60. The summed E-state index contributed by atoms with van der Waals surface area (Å²) in [6.07, 6.45) is -2.98. The van der Waals surface area contributed by atoms with Crippen LogP contribution in [0.2, 0.25) is 0 Å². The number of carboxylic acid groups (broad SMARTS) is 2. The zero-order chi connectivity index (χ0) is 20.3. The second-order valence-electron chi connectivity index (χ2n) is 6.53. The van der Waals surface area contributed by atoms with Gasteiger partial charge in [0.2, 0.25) is 0 Å². The van der Waals surface area contributed by atoms with Crippen molar-refractivity contribution in [2.24, 2.45) is 0 Å². The van der Waals surface area contributed by atoms with Crippen molar-refractivity contribution in [1.29, 1.82) is 0 Å². The maximum atomic E-state index is 11.2. The molecular weight excluding hydrogens is 440 g/mol. The van der Waals surface area contributed by atoms with Gasteiger partial charge < -0.3 is 19.7 Å². The van der Waals surface area contributed by atoms with Crippen LogP contribution in [0.4, 0.5) is 9.59 Å². The van der Waals surface area contributed by atoms with Gasteiger partial charge in [-0.05, 0) is 62.6 Å². The monoisotopic (exact) mass is 450 g/mol. The Kier molecular flexibility index (Phi) is 3.75. The molecule has 0 radical (unpaired) electrons. The molecule has 0 atom stereocenters. The van der Waals surface area contributed by atoms with Crippen LogP contribution in [0.3, 0.4) is 0 Å². The first-order valence-electron chi connectivity index (χ1n) is 8.59. The fraction of sp³-hybridized carbons (Fsp3) is 0. The fourth-order valence-electron chi connectivity index (χ4n) is 4.06. The number of halogens is 1. The minimum Gasteiger partial charge on any atom is -0.449 e. The molecule has 5 aromatic rings. The standard InChI is InChI=1S/C22H11BrO6/c23-15-7-4-11-13-6-9-17(29-22(26)27)20-16(28-21(24)25)8-5-12(19(13)20)10-2-1-3-14(15)18(10)11/h1-9H,(H,24,25)(H,26,27). The van der Waals surface area contributed by atoms with Crippen LogP contribution in [-0.4, -0.2) is 22.5 Å². The van der Waals surface area contributed by atoms with Crippen molar-refractivity contribution in [3.8, 4) is 11.5 Å². The van der Waals surface area contributed by atoms with Crippen molar-refractivity contribution < 1.29 is 29.3 Å². The van der Waals surface area contributed by atoms with Crippen LogP contribution in [0.25, 0.3) is 43.1 Å². The number of carbonyl (C=O) groups is 2. The van der Waals surface area contributed by atoms with Crippen molar-refractivity contribution in [3.63, 3.8) is 0 Å². The molecule has 0 amide bonds. The molecule has 29 heavy (non-hydrogen) atoms. The first kappa shape index (κ1) is 17.5. The van der Waals surface area contributed by atoms with Crippen molar-refractivity contribution in [2.45, 2.75) is 0 Å². The molecule has 0 aliphatic carbocycles. The third-order valence-corrected chi connectivity index (χ3v) is 5.74. The topological polar surface area (TPSA) is 93.1 Å². The molecule has 2 N–H and O–H groups in total. The van der Waals surface area contributed by atoms with Gasteiger partial charge in [-0.1, -0.05) is 40.2 Å². The number of fused-ring (bicyclic) bond motifs is 2. The molecule has 0 aliphatic rings. The van der Waals surface area contributed by atoms with Crippen LogP contribution in [-0.2, 0) is 0 Å². The summed E-state index contributed by atoms with van der Waals surface area (Å²) in [5, 5.41) is 25.0. The summed E-state index contributed by atoms with van der Waals surface area (Å²) in [6, 6.07) is 16.5. The summed E-state index contributed by atoms with van der Waals surface area (Å²) in [4.78, 5) is 22.4. The van der Waals surface area contributed by atoms with E-state index in [1.807, 2.05) is 30.3 Å². The Morgan fingerprint density at radius 3 is 1.69 bits per heavy atom. The van der Waals surface area contributed by atoms with Gasteiger partial charge in [0.05, 0.1) is 5.39 Å². The number of ether oxygens (including phenoxy) is 2. The molecule has 5 rings (SSSR count). The third-order valence-electron chi connectivity index (χ3n) is 5.05. The van der Waals surface area contributed by atoms with E-state index >= 15 is 0 Å². The number of hydrogen-bond donors (Lipinski definition) is 2. The van der Waals surface area contributed by atoms with Gasteiger partial charge >= 0.3 is 12.3 Å². The van der Waals surface area contributed by atoms with Crippen molar-refractivity contribution in [2.75, 3.05) is 0 Å². The van der Waals surface area contributed by atoms with E-state index in [0.29, 0.717) is 10.8 Å². The Bertz CT molecular complexity index is 1400. The van der Waals surface area contributed by atoms with Crippen LogP contribution in [0.15, 0.2) is 59.1 Å². The van der Waals surface area contributed by atoms with Gasteiger partial charge in [-0.25, -0.2) is 9.59 Å². The predicted octanol–water partition coefficient (Wildman–Crippen LogP) is 6.61. The van der Waals surface area contributed by atoms with E-state index in [0.717, 1.165) is 36.8 Å². The normalized spacial score (nSPS) is 11.5. The highest BCUT2D eigenvalue weighted by Crippen LogP contribution is 2.47. The van der Waals surface area contributed by atoms with Gasteiger partial charge in [-0.3, -0.25) is 0 Å². The zero-order valence-electron chi connectivity index (χ0n) is 14.6. The van der Waals surface area contributed by atoms with Crippen LogP contribution < -0.4 is 9.47 Å². The maximum absolute atomic E-state index is 11.2. The van der Waals surface area contributed by atoms with Crippen molar-refractivity contribution in [1.82, 2.24) is 0 Å². The summed E-state index contributed by atoms with van der Waals surface area (Å²) in [6.45, 7) is 0. The average Bonchev–Trinajstić information content (AvgIpc) is 2.68. The average molecular weight is 451 g/mol. The number of benzene rings is 5.